The molecule has 2 aromatic heterocycles. The second kappa shape index (κ2) is 8.39. The van der Waals surface area contributed by atoms with E-state index in [2.05, 4.69) is 19.2 Å². The van der Waals surface area contributed by atoms with Crippen molar-refractivity contribution in [3.63, 3.8) is 0 Å². The summed E-state index contributed by atoms with van der Waals surface area (Å²) in [5.74, 6) is 0.390. The van der Waals surface area contributed by atoms with Gasteiger partial charge in [0.05, 0.1) is 0 Å². The number of hydrogen-bond donors (Lipinski definition) is 0. The number of thiophene rings is 2. The number of ketones is 2. The van der Waals surface area contributed by atoms with E-state index in [1.165, 1.54) is 10.4 Å². The van der Waals surface area contributed by atoms with E-state index < -0.39 is 0 Å². The average Bonchev–Trinajstić information content (AvgIpc) is 3.02. The molecule has 0 aromatic carbocycles. The number of rotatable bonds is 4. The summed E-state index contributed by atoms with van der Waals surface area (Å²) < 4.78 is 0. The summed E-state index contributed by atoms with van der Waals surface area (Å²) in [6.45, 7) is 11.4. The van der Waals surface area contributed by atoms with Crippen LogP contribution in [-0.2, 0) is 12.8 Å². The highest BCUT2D eigenvalue weighted by atomic mass is 32.1. The van der Waals surface area contributed by atoms with Gasteiger partial charge in [0.2, 0.25) is 0 Å². The molecule has 0 fully saturated rings. The lowest BCUT2D eigenvalue weighted by Crippen LogP contribution is -1.98. The average molecular weight is 337 g/mol. The maximum Gasteiger partial charge on any atom is 0.161 e. The molecule has 2 nitrogen and oxygen atoms in total. The van der Waals surface area contributed by atoms with Gasteiger partial charge in [-0.1, -0.05) is 13.8 Å². The first-order valence-electron chi connectivity index (χ1n) is 7.49. The molecule has 4 heteroatoms. The van der Waals surface area contributed by atoms with E-state index >= 15 is 0 Å². The molecular formula is C18H24O2S2. The molecule has 2 aromatic rings. The van der Waals surface area contributed by atoms with E-state index in [0.717, 1.165) is 34.4 Å². The summed E-state index contributed by atoms with van der Waals surface area (Å²) in [5, 5.41) is 4.13. The first-order chi connectivity index (χ1) is 10.3. The number of Topliss-reactive ketones (excluding diaryl/α,β-unsaturated/α-hetero) is 2. The van der Waals surface area contributed by atoms with Crippen molar-refractivity contribution in [1.29, 1.82) is 0 Å². The molecule has 0 aliphatic rings. The minimum Gasteiger partial charge on any atom is -0.294 e. The van der Waals surface area contributed by atoms with Crippen molar-refractivity contribution in [3.8, 4) is 0 Å². The molecule has 0 unspecified atom stereocenters. The molecule has 2 heterocycles. The van der Waals surface area contributed by atoms with Gasteiger partial charge in [-0.05, 0) is 62.4 Å². The fourth-order valence-corrected chi connectivity index (χ4v) is 4.50. The zero-order valence-electron chi connectivity index (χ0n) is 14.2. The third-order valence-corrected chi connectivity index (χ3v) is 5.72. The van der Waals surface area contributed by atoms with Gasteiger partial charge in [0, 0.05) is 20.9 Å². The molecule has 0 saturated carbocycles. The third-order valence-electron chi connectivity index (χ3n) is 3.51. The number of carbonyl (C=O) groups is 2. The van der Waals surface area contributed by atoms with Crippen LogP contribution in [0.25, 0.3) is 0 Å². The van der Waals surface area contributed by atoms with Crippen molar-refractivity contribution in [2.24, 2.45) is 0 Å². The zero-order chi connectivity index (χ0) is 16.9. The SMILES string of the molecule is CC(=O)c1c(C)csc1C.CCc1csc(CC)c1C(C)=O. The van der Waals surface area contributed by atoms with Crippen LogP contribution in [0.5, 0.6) is 0 Å². The lowest BCUT2D eigenvalue weighted by Gasteiger charge is -1.99. The van der Waals surface area contributed by atoms with E-state index in [0.29, 0.717) is 0 Å². The molecule has 0 aliphatic carbocycles. The summed E-state index contributed by atoms with van der Waals surface area (Å²) in [6.07, 6.45) is 1.94. The van der Waals surface area contributed by atoms with Gasteiger partial charge in [0.15, 0.2) is 11.6 Å². The summed E-state index contributed by atoms with van der Waals surface area (Å²) in [4.78, 5) is 24.6. The van der Waals surface area contributed by atoms with Gasteiger partial charge >= 0.3 is 0 Å². The Morgan fingerprint density at radius 1 is 0.909 bits per heavy atom. The van der Waals surface area contributed by atoms with Crippen LogP contribution in [-0.4, -0.2) is 11.6 Å². The molecule has 2 rings (SSSR count). The molecule has 0 atom stereocenters. The molecule has 0 aliphatic heterocycles. The van der Waals surface area contributed by atoms with E-state index in [1.807, 2.05) is 19.2 Å². The fourth-order valence-electron chi connectivity index (χ4n) is 2.48. The summed E-state index contributed by atoms with van der Waals surface area (Å²) in [7, 11) is 0. The largest absolute Gasteiger partial charge is 0.294 e. The number of aryl methyl sites for hydroxylation is 4. The van der Waals surface area contributed by atoms with Crippen molar-refractivity contribution >= 4 is 34.2 Å². The van der Waals surface area contributed by atoms with Crippen LogP contribution in [0.3, 0.4) is 0 Å². The maximum atomic E-state index is 11.3. The summed E-state index contributed by atoms with van der Waals surface area (Å²) in [5.41, 5.74) is 4.20. The van der Waals surface area contributed by atoms with Crippen LogP contribution in [0.15, 0.2) is 10.8 Å². The Morgan fingerprint density at radius 2 is 1.50 bits per heavy atom. The van der Waals surface area contributed by atoms with Crippen molar-refractivity contribution in [3.05, 3.63) is 42.8 Å². The Bertz CT molecular complexity index is 622. The Kier molecular flexibility index (Phi) is 7.17. The molecule has 0 spiro atoms. The molecule has 0 radical (unpaired) electrons. The minimum absolute atomic E-state index is 0.177. The molecule has 120 valence electrons. The van der Waals surface area contributed by atoms with Gasteiger partial charge < -0.3 is 0 Å². The van der Waals surface area contributed by atoms with Gasteiger partial charge in [0.1, 0.15) is 0 Å². The Balaban J connectivity index is 0.000000224. The van der Waals surface area contributed by atoms with Crippen LogP contribution in [0.2, 0.25) is 0 Å². The first-order valence-corrected chi connectivity index (χ1v) is 9.25. The predicted octanol–water partition coefficient (Wildman–Crippen LogP) is 5.64. The molecule has 0 saturated heterocycles. The molecular weight excluding hydrogens is 312 g/mol. The van der Waals surface area contributed by atoms with E-state index in [9.17, 15) is 9.59 Å². The highest BCUT2D eigenvalue weighted by Crippen LogP contribution is 2.24. The number of hydrogen-bond acceptors (Lipinski definition) is 4. The third kappa shape index (κ3) is 4.37. The van der Waals surface area contributed by atoms with Crippen LogP contribution in [0, 0.1) is 13.8 Å². The van der Waals surface area contributed by atoms with Crippen molar-refractivity contribution in [2.45, 2.75) is 54.4 Å². The lowest BCUT2D eigenvalue weighted by atomic mass is 10.0. The Labute approximate surface area is 141 Å². The number of carbonyl (C=O) groups excluding carboxylic acids is 2. The topological polar surface area (TPSA) is 34.1 Å². The smallest absolute Gasteiger partial charge is 0.161 e. The van der Waals surface area contributed by atoms with Crippen LogP contribution in [0.1, 0.15) is 69.3 Å². The monoisotopic (exact) mass is 336 g/mol. The normalized spacial score (nSPS) is 10.1. The predicted molar refractivity (Wildman–Crippen MR) is 96.9 cm³/mol. The molecule has 0 N–H and O–H groups in total. The zero-order valence-corrected chi connectivity index (χ0v) is 15.8. The van der Waals surface area contributed by atoms with Gasteiger partial charge in [-0.25, -0.2) is 0 Å². The molecule has 0 amide bonds. The molecule has 0 bridgehead atoms. The van der Waals surface area contributed by atoms with Crippen LogP contribution >= 0.6 is 22.7 Å². The summed E-state index contributed by atoms with van der Waals surface area (Å²) in [6, 6.07) is 0. The lowest BCUT2D eigenvalue weighted by molar-refractivity contribution is 0.100. The fraction of sp³-hybridized carbons (Fsp3) is 0.444. The van der Waals surface area contributed by atoms with Crippen LogP contribution in [0.4, 0.5) is 0 Å². The second-order valence-electron chi connectivity index (χ2n) is 5.23. The molecule has 22 heavy (non-hydrogen) atoms. The van der Waals surface area contributed by atoms with Crippen molar-refractivity contribution in [1.82, 2.24) is 0 Å². The Hall–Kier alpha value is -1.26. The van der Waals surface area contributed by atoms with Gasteiger partial charge in [-0.15, -0.1) is 22.7 Å². The van der Waals surface area contributed by atoms with E-state index in [-0.39, 0.29) is 11.6 Å². The van der Waals surface area contributed by atoms with Crippen molar-refractivity contribution in [2.75, 3.05) is 0 Å². The van der Waals surface area contributed by atoms with Crippen LogP contribution < -0.4 is 0 Å². The van der Waals surface area contributed by atoms with Crippen molar-refractivity contribution < 1.29 is 9.59 Å². The Morgan fingerprint density at radius 3 is 1.82 bits per heavy atom. The van der Waals surface area contributed by atoms with Gasteiger partial charge in [-0.2, -0.15) is 0 Å². The summed E-state index contributed by atoms with van der Waals surface area (Å²) >= 11 is 3.35. The van der Waals surface area contributed by atoms with Gasteiger partial charge in [-0.3, -0.25) is 9.59 Å². The quantitative estimate of drug-likeness (QED) is 0.677. The van der Waals surface area contributed by atoms with E-state index in [4.69, 9.17) is 0 Å². The highest BCUT2D eigenvalue weighted by molar-refractivity contribution is 7.10. The highest BCUT2D eigenvalue weighted by Gasteiger charge is 2.12. The minimum atomic E-state index is 0.177. The van der Waals surface area contributed by atoms with E-state index in [1.54, 1.807) is 36.5 Å². The van der Waals surface area contributed by atoms with Gasteiger partial charge in [0.25, 0.3) is 0 Å². The first kappa shape index (κ1) is 18.8. The maximum absolute atomic E-state index is 11.3. The standard InChI is InChI=1S/C10H14OS.C8H10OS/c1-4-8-6-12-9(5-2)10(8)7(3)11;1-5-4-10-7(3)8(5)6(2)9/h6H,4-5H2,1-3H3;4H,1-3H3. The second-order valence-corrected chi connectivity index (χ2v) is 7.28.